The van der Waals surface area contributed by atoms with Crippen molar-refractivity contribution >= 4 is 34.6 Å². The molecular weight excluding hydrogens is 444 g/mol. The van der Waals surface area contributed by atoms with Crippen LogP contribution in [0.3, 0.4) is 0 Å². The summed E-state index contributed by atoms with van der Waals surface area (Å²) in [6.45, 7) is 2.96. The van der Waals surface area contributed by atoms with Gasteiger partial charge in [-0.05, 0) is 42.0 Å². The van der Waals surface area contributed by atoms with Crippen LogP contribution < -0.4 is 21.1 Å². The maximum Gasteiger partial charge on any atom is 0.263 e. The number of amides is 1. The molecule has 1 amide bonds. The van der Waals surface area contributed by atoms with Gasteiger partial charge in [-0.15, -0.1) is 0 Å². The molecule has 1 fully saturated rings. The molecule has 0 spiro atoms. The fourth-order valence-corrected chi connectivity index (χ4v) is 3.88. The average Bonchev–Trinajstić information content (AvgIpc) is 2.83. The summed E-state index contributed by atoms with van der Waals surface area (Å²) in [6, 6.07) is 16.0. The third kappa shape index (κ3) is 5.73. The first-order chi connectivity index (χ1) is 16.0. The minimum Gasteiger partial charge on any atom is -0.387 e. The Kier molecular flexibility index (Phi) is 7.29. The smallest absolute Gasteiger partial charge is 0.263 e. The van der Waals surface area contributed by atoms with Gasteiger partial charge in [-0.2, -0.15) is 0 Å². The van der Waals surface area contributed by atoms with Crippen molar-refractivity contribution in [2.24, 2.45) is 0 Å². The number of carbonyl (C=O) groups is 1. The lowest BCUT2D eigenvalue weighted by molar-refractivity contribution is 0.102. The topological polar surface area (TPSA) is 107 Å². The maximum absolute atomic E-state index is 13.0. The minimum atomic E-state index is -0.871. The zero-order valence-electron chi connectivity index (χ0n) is 17.9. The van der Waals surface area contributed by atoms with Crippen LogP contribution in [-0.2, 0) is 4.74 Å². The number of pyridine rings is 1. The van der Waals surface area contributed by atoms with Crippen LogP contribution in [0, 0.1) is 0 Å². The normalized spacial score (nSPS) is 14.5. The van der Waals surface area contributed by atoms with Gasteiger partial charge in [0.25, 0.3) is 11.5 Å². The first kappa shape index (κ1) is 22.8. The van der Waals surface area contributed by atoms with Gasteiger partial charge in [-0.1, -0.05) is 29.8 Å². The summed E-state index contributed by atoms with van der Waals surface area (Å²) in [7, 11) is 0. The molecule has 8 nitrogen and oxygen atoms in total. The molecule has 9 heteroatoms. The molecule has 3 aromatic rings. The zero-order chi connectivity index (χ0) is 23.2. The van der Waals surface area contributed by atoms with E-state index in [4.69, 9.17) is 16.3 Å². The van der Waals surface area contributed by atoms with Crippen LogP contribution in [0.1, 0.15) is 22.0 Å². The number of ether oxygens (including phenoxy) is 1. The summed E-state index contributed by atoms with van der Waals surface area (Å²) in [5, 5.41) is 16.8. The van der Waals surface area contributed by atoms with E-state index in [0.29, 0.717) is 35.2 Å². The minimum absolute atomic E-state index is 0.0624. The SMILES string of the molecule is O=C(Nc1cccc(N2CCOCC2)c1)c1c(NC[C@@H](O)c2cccc(Cl)c2)cc[nH]c1=O. The van der Waals surface area contributed by atoms with Crippen molar-refractivity contribution in [3.8, 4) is 0 Å². The van der Waals surface area contributed by atoms with Gasteiger partial charge in [0.1, 0.15) is 5.56 Å². The zero-order valence-corrected chi connectivity index (χ0v) is 18.6. The summed E-state index contributed by atoms with van der Waals surface area (Å²) in [5.74, 6) is -0.546. The molecule has 4 rings (SSSR count). The van der Waals surface area contributed by atoms with E-state index in [1.165, 1.54) is 6.20 Å². The molecule has 1 aliphatic rings. The van der Waals surface area contributed by atoms with E-state index < -0.39 is 17.6 Å². The number of rotatable bonds is 7. The van der Waals surface area contributed by atoms with Crippen molar-refractivity contribution in [3.63, 3.8) is 0 Å². The average molecular weight is 469 g/mol. The summed E-state index contributed by atoms with van der Waals surface area (Å²) >= 11 is 5.99. The molecule has 172 valence electrons. The highest BCUT2D eigenvalue weighted by Gasteiger charge is 2.18. The fourth-order valence-electron chi connectivity index (χ4n) is 3.69. The summed E-state index contributed by atoms with van der Waals surface area (Å²) in [6.07, 6.45) is 0.579. The van der Waals surface area contributed by atoms with Crippen LogP contribution in [-0.4, -0.2) is 48.8 Å². The number of aliphatic hydroxyl groups excluding tert-OH is 1. The summed E-state index contributed by atoms with van der Waals surface area (Å²) in [4.78, 5) is 30.2. The number of aromatic nitrogens is 1. The van der Waals surface area contributed by atoms with E-state index in [1.807, 2.05) is 18.2 Å². The number of benzene rings is 2. The van der Waals surface area contributed by atoms with Crippen LogP contribution in [0.4, 0.5) is 17.1 Å². The van der Waals surface area contributed by atoms with Crippen LogP contribution in [0.25, 0.3) is 0 Å². The van der Waals surface area contributed by atoms with Crippen LogP contribution in [0.2, 0.25) is 5.02 Å². The molecule has 2 aromatic carbocycles. The van der Waals surface area contributed by atoms with E-state index >= 15 is 0 Å². The highest BCUT2D eigenvalue weighted by Crippen LogP contribution is 2.22. The molecular formula is C24H25ClN4O4. The Bertz CT molecular complexity index is 1180. The van der Waals surface area contributed by atoms with Crippen molar-refractivity contribution in [2.75, 3.05) is 48.4 Å². The predicted molar refractivity (Wildman–Crippen MR) is 129 cm³/mol. The number of aliphatic hydroxyl groups is 1. The van der Waals surface area contributed by atoms with Gasteiger partial charge in [0.15, 0.2) is 0 Å². The third-order valence-electron chi connectivity index (χ3n) is 5.39. The van der Waals surface area contributed by atoms with E-state index in [0.717, 1.165) is 18.8 Å². The second-order valence-electron chi connectivity index (χ2n) is 7.65. The summed E-state index contributed by atoms with van der Waals surface area (Å²) in [5.41, 5.74) is 1.91. The number of H-pyrrole nitrogens is 1. The number of carbonyl (C=O) groups excluding carboxylic acids is 1. The number of halogens is 1. The second-order valence-corrected chi connectivity index (χ2v) is 8.09. The molecule has 1 aliphatic heterocycles. The standard InChI is InChI=1S/C24H25ClN4O4/c25-17-4-1-3-16(13-17)21(30)15-27-20-7-8-26-23(31)22(20)24(32)28-18-5-2-6-19(14-18)29-9-11-33-12-10-29/h1-8,13-14,21,30H,9-12,15H2,(H,28,32)(H2,26,27,31)/t21-/m1/s1. The third-order valence-corrected chi connectivity index (χ3v) is 5.62. The number of nitrogens with one attached hydrogen (secondary N) is 3. The lowest BCUT2D eigenvalue weighted by Gasteiger charge is -2.29. The Morgan fingerprint density at radius 2 is 1.94 bits per heavy atom. The van der Waals surface area contributed by atoms with Crippen LogP contribution >= 0.6 is 11.6 Å². The lowest BCUT2D eigenvalue weighted by atomic mass is 10.1. The quantitative estimate of drug-likeness (QED) is 0.424. The van der Waals surface area contributed by atoms with Gasteiger partial charge in [-0.3, -0.25) is 9.59 Å². The number of anilines is 3. The number of nitrogens with zero attached hydrogens (tertiary/aromatic N) is 1. The van der Waals surface area contributed by atoms with E-state index in [2.05, 4.69) is 20.5 Å². The Morgan fingerprint density at radius 3 is 2.73 bits per heavy atom. The van der Waals surface area contributed by atoms with Crippen molar-refractivity contribution in [2.45, 2.75) is 6.10 Å². The molecule has 0 bridgehead atoms. The van der Waals surface area contributed by atoms with Gasteiger partial charge in [-0.25, -0.2) is 0 Å². The molecule has 0 aliphatic carbocycles. The van der Waals surface area contributed by atoms with Crippen molar-refractivity contribution < 1.29 is 14.6 Å². The molecule has 1 atom stereocenters. The van der Waals surface area contributed by atoms with Gasteiger partial charge >= 0.3 is 0 Å². The van der Waals surface area contributed by atoms with Crippen LogP contribution in [0.5, 0.6) is 0 Å². The van der Waals surface area contributed by atoms with Gasteiger partial charge in [0.2, 0.25) is 0 Å². The van der Waals surface area contributed by atoms with E-state index in [9.17, 15) is 14.7 Å². The Hall–Kier alpha value is -3.33. The molecule has 0 unspecified atom stereocenters. The molecule has 1 saturated heterocycles. The molecule has 2 heterocycles. The van der Waals surface area contributed by atoms with Crippen molar-refractivity contribution in [3.05, 3.63) is 87.3 Å². The molecule has 0 radical (unpaired) electrons. The second kappa shape index (κ2) is 10.5. The van der Waals surface area contributed by atoms with Gasteiger partial charge < -0.3 is 30.4 Å². The highest BCUT2D eigenvalue weighted by atomic mass is 35.5. The largest absolute Gasteiger partial charge is 0.387 e. The fraction of sp³-hybridized carbons (Fsp3) is 0.250. The van der Waals surface area contributed by atoms with Crippen molar-refractivity contribution in [1.29, 1.82) is 0 Å². The molecule has 4 N–H and O–H groups in total. The molecule has 1 aromatic heterocycles. The Balaban J connectivity index is 1.48. The van der Waals surface area contributed by atoms with E-state index in [1.54, 1.807) is 36.4 Å². The lowest BCUT2D eigenvalue weighted by Crippen LogP contribution is -2.36. The number of hydrogen-bond acceptors (Lipinski definition) is 6. The Morgan fingerprint density at radius 1 is 1.15 bits per heavy atom. The number of morpholine rings is 1. The summed E-state index contributed by atoms with van der Waals surface area (Å²) < 4.78 is 5.39. The van der Waals surface area contributed by atoms with Gasteiger partial charge in [0.05, 0.1) is 25.0 Å². The number of hydrogen-bond donors (Lipinski definition) is 4. The van der Waals surface area contributed by atoms with Crippen molar-refractivity contribution in [1.82, 2.24) is 4.98 Å². The maximum atomic E-state index is 13.0. The molecule has 33 heavy (non-hydrogen) atoms. The first-order valence-corrected chi connectivity index (χ1v) is 11.0. The first-order valence-electron chi connectivity index (χ1n) is 10.6. The predicted octanol–water partition coefficient (Wildman–Crippen LogP) is 3.26. The van der Waals surface area contributed by atoms with Crippen LogP contribution in [0.15, 0.2) is 65.6 Å². The molecule has 0 saturated carbocycles. The number of aromatic amines is 1. The monoisotopic (exact) mass is 468 g/mol. The van der Waals surface area contributed by atoms with Gasteiger partial charge in [0, 0.05) is 42.2 Å². The highest BCUT2D eigenvalue weighted by molar-refractivity contribution is 6.30. The Labute approximate surface area is 196 Å². The van der Waals surface area contributed by atoms with E-state index in [-0.39, 0.29) is 12.1 Å².